The van der Waals surface area contributed by atoms with Crippen molar-refractivity contribution in [1.82, 2.24) is 0 Å². The maximum absolute atomic E-state index is 11.2. The minimum Gasteiger partial charge on any atom is -0.486 e. The molecular weight excluding hydrogens is 192 g/mol. The lowest BCUT2D eigenvalue weighted by molar-refractivity contribution is 0.0992. The van der Waals surface area contributed by atoms with Crippen LogP contribution in [0, 0.1) is 0 Å². The number of ether oxygens (including phenoxy) is 1. The number of hydrogen-bond donors (Lipinski definition) is 2. The Morgan fingerprint density at radius 1 is 1.67 bits per heavy atom. The quantitative estimate of drug-likeness (QED) is 0.768. The molecule has 0 spiro atoms. The molecule has 4 heteroatoms. The third-order valence-corrected chi connectivity index (χ3v) is 2.54. The largest absolute Gasteiger partial charge is 0.486 e. The van der Waals surface area contributed by atoms with E-state index < -0.39 is 5.91 Å². The predicted octanol–water partition coefficient (Wildman–Crippen LogP) is 1.37. The fourth-order valence-electron chi connectivity index (χ4n) is 1.66. The van der Waals surface area contributed by atoms with Crippen LogP contribution in [0.25, 0.3) is 0 Å². The van der Waals surface area contributed by atoms with Crippen LogP contribution < -0.4 is 15.8 Å². The average Bonchev–Trinajstić information content (AvgIpc) is 2.27. The summed E-state index contributed by atoms with van der Waals surface area (Å²) in [7, 11) is 0. The first-order chi connectivity index (χ1) is 7.22. The molecule has 1 amide bonds. The third kappa shape index (κ3) is 1.75. The van der Waals surface area contributed by atoms with Crippen LogP contribution in [-0.4, -0.2) is 18.6 Å². The molecule has 80 valence electrons. The molecule has 1 aliphatic rings. The highest BCUT2D eigenvalue weighted by Gasteiger charge is 2.22. The van der Waals surface area contributed by atoms with Gasteiger partial charge < -0.3 is 15.8 Å². The Balaban J connectivity index is 2.40. The number of fused-ring (bicyclic) bond motifs is 1. The maximum Gasteiger partial charge on any atom is 0.252 e. The van der Waals surface area contributed by atoms with E-state index in [-0.39, 0.29) is 6.10 Å². The number of carbonyl (C=O) groups excluding carboxylic acids is 1. The van der Waals surface area contributed by atoms with Gasteiger partial charge in [0.2, 0.25) is 0 Å². The van der Waals surface area contributed by atoms with E-state index in [0.717, 1.165) is 18.7 Å². The van der Waals surface area contributed by atoms with Crippen LogP contribution in [-0.2, 0) is 0 Å². The van der Waals surface area contributed by atoms with E-state index >= 15 is 0 Å². The second-order valence-corrected chi connectivity index (χ2v) is 3.58. The molecule has 1 heterocycles. The predicted molar refractivity (Wildman–Crippen MR) is 58.2 cm³/mol. The maximum atomic E-state index is 11.2. The zero-order valence-electron chi connectivity index (χ0n) is 8.62. The summed E-state index contributed by atoms with van der Waals surface area (Å²) in [6, 6.07) is 5.36. The number of nitrogens with one attached hydrogen (secondary N) is 1. The summed E-state index contributed by atoms with van der Waals surface area (Å²) in [5, 5.41) is 3.23. The Kier molecular flexibility index (Phi) is 2.49. The van der Waals surface area contributed by atoms with Crippen LogP contribution in [0.3, 0.4) is 0 Å². The third-order valence-electron chi connectivity index (χ3n) is 2.54. The van der Waals surface area contributed by atoms with Crippen molar-refractivity contribution in [3.05, 3.63) is 23.8 Å². The lowest BCUT2D eigenvalue weighted by Gasteiger charge is -2.27. The van der Waals surface area contributed by atoms with Crippen LogP contribution in [0.4, 0.5) is 5.69 Å². The topological polar surface area (TPSA) is 64.3 Å². The molecule has 1 aliphatic heterocycles. The Bertz CT molecular complexity index is 390. The minimum absolute atomic E-state index is 0.109. The van der Waals surface area contributed by atoms with Gasteiger partial charge in [-0.1, -0.05) is 13.0 Å². The minimum atomic E-state index is -0.453. The van der Waals surface area contributed by atoms with Crippen LogP contribution in [0.2, 0.25) is 0 Å². The second-order valence-electron chi connectivity index (χ2n) is 3.58. The molecular formula is C11H14N2O2. The smallest absolute Gasteiger partial charge is 0.252 e. The molecule has 3 N–H and O–H groups in total. The molecule has 1 aromatic carbocycles. The van der Waals surface area contributed by atoms with Gasteiger partial charge in [0.1, 0.15) is 6.10 Å². The molecule has 0 fully saturated rings. The molecule has 0 saturated heterocycles. The second kappa shape index (κ2) is 3.81. The van der Waals surface area contributed by atoms with E-state index in [2.05, 4.69) is 5.32 Å². The highest BCUT2D eigenvalue weighted by molar-refractivity contribution is 5.97. The van der Waals surface area contributed by atoms with Crippen LogP contribution in [0.5, 0.6) is 5.75 Å². The van der Waals surface area contributed by atoms with Gasteiger partial charge in [-0.15, -0.1) is 0 Å². The normalized spacial score (nSPS) is 18.6. The van der Waals surface area contributed by atoms with E-state index in [9.17, 15) is 4.79 Å². The van der Waals surface area contributed by atoms with E-state index in [1.807, 2.05) is 13.0 Å². The van der Waals surface area contributed by atoms with Crippen molar-refractivity contribution < 1.29 is 9.53 Å². The lowest BCUT2D eigenvalue weighted by atomic mass is 10.1. The van der Waals surface area contributed by atoms with Gasteiger partial charge in [-0.25, -0.2) is 0 Å². The molecule has 1 atom stereocenters. The Hall–Kier alpha value is -1.71. The van der Waals surface area contributed by atoms with Crippen molar-refractivity contribution in [2.45, 2.75) is 19.4 Å². The van der Waals surface area contributed by atoms with Crippen molar-refractivity contribution in [2.75, 3.05) is 11.9 Å². The van der Waals surface area contributed by atoms with E-state index in [1.54, 1.807) is 12.1 Å². The molecule has 15 heavy (non-hydrogen) atoms. The number of amides is 1. The zero-order valence-corrected chi connectivity index (χ0v) is 8.62. The number of para-hydroxylation sites is 1. The highest BCUT2D eigenvalue weighted by atomic mass is 16.5. The average molecular weight is 206 g/mol. The summed E-state index contributed by atoms with van der Waals surface area (Å²) in [5.41, 5.74) is 6.56. The first-order valence-corrected chi connectivity index (χ1v) is 5.05. The van der Waals surface area contributed by atoms with Gasteiger partial charge in [0.15, 0.2) is 5.75 Å². The van der Waals surface area contributed by atoms with Gasteiger partial charge in [0.05, 0.1) is 17.8 Å². The molecule has 1 unspecified atom stereocenters. The summed E-state index contributed by atoms with van der Waals surface area (Å²) >= 11 is 0. The molecule has 0 radical (unpaired) electrons. The SMILES string of the molecule is CCC1CNc2cccc(C(N)=O)c2O1. The van der Waals surface area contributed by atoms with Gasteiger partial charge in [0.25, 0.3) is 5.91 Å². The number of benzene rings is 1. The molecule has 0 saturated carbocycles. The van der Waals surface area contributed by atoms with Gasteiger partial charge >= 0.3 is 0 Å². The van der Waals surface area contributed by atoms with E-state index in [0.29, 0.717) is 11.3 Å². The summed E-state index contributed by atoms with van der Waals surface area (Å²) in [4.78, 5) is 11.2. The molecule has 4 nitrogen and oxygen atoms in total. The fourth-order valence-corrected chi connectivity index (χ4v) is 1.66. The fraction of sp³-hybridized carbons (Fsp3) is 0.364. The molecule has 1 aromatic rings. The van der Waals surface area contributed by atoms with E-state index in [1.165, 1.54) is 0 Å². The number of primary amides is 1. The summed E-state index contributed by atoms with van der Waals surface area (Å²) in [5.74, 6) is 0.133. The molecule has 0 aromatic heterocycles. The first kappa shape index (κ1) is 9.83. The number of carbonyl (C=O) groups is 1. The molecule has 2 rings (SSSR count). The highest BCUT2D eigenvalue weighted by Crippen LogP contribution is 2.33. The lowest BCUT2D eigenvalue weighted by Crippen LogP contribution is -2.31. The van der Waals surface area contributed by atoms with Gasteiger partial charge in [-0.2, -0.15) is 0 Å². The number of nitrogens with two attached hydrogens (primary N) is 1. The Labute approximate surface area is 88.4 Å². The molecule has 0 bridgehead atoms. The van der Waals surface area contributed by atoms with Crippen molar-refractivity contribution in [1.29, 1.82) is 0 Å². The zero-order chi connectivity index (χ0) is 10.8. The van der Waals surface area contributed by atoms with E-state index in [4.69, 9.17) is 10.5 Å². The van der Waals surface area contributed by atoms with Crippen molar-refractivity contribution in [3.8, 4) is 5.75 Å². The van der Waals surface area contributed by atoms with Crippen molar-refractivity contribution >= 4 is 11.6 Å². The number of hydrogen-bond acceptors (Lipinski definition) is 3. The summed E-state index contributed by atoms with van der Waals surface area (Å²) in [6.07, 6.45) is 1.01. The number of rotatable bonds is 2. The van der Waals surface area contributed by atoms with Crippen LogP contribution in [0.1, 0.15) is 23.7 Å². The Morgan fingerprint density at radius 2 is 2.47 bits per heavy atom. The Morgan fingerprint density at radius 3 is 3.13 bits per heavy atom. The van der Waals surface area contributed by atoms with Crippen molar-refractivity contribution in [2.24, 2.45) is 5.73 Å². The van der Waals surface area contributed by atoms with Gasteiger partial charge in [-0.3, -0.25) is 4.79 Å². The van der Waals surface area contributed by atoms with Crippen LogP contribution in [0.15, 0.2) is 18.2 Å². The molecule has 0 aliphatic carbocycles. The standard InChI is InChI=1S/C11H14N2O2/c1-2-7-6-13-9-5-3-4-8(11(12)14)10(9)15-7/h3-5,7,13H,2,6H2,1H3,(H2,12,14). The summed E-state index contributed by atoms with van der Waals surface area (Å²) in [6.45, 7) is 2.82. The van der Waals surface area contributed by atoms with Gasteiger partial charge in [0, 0.05) is 0 Å². The van der Waals surface area contributed by atoms with Crippen LogP contribution >= 0.6 is 0 Å². The summed E-state index contributed by atoms with van der Waals surface area (Å²) < 4.78 is 5.71. The van der Waals surface area contributed by atoms with Gasteiger partial charge in [-0.05, 0) is 18.6 Å². The first-order valence-electron chi connectivity index (χ1n) is 5.05. The monoisotopic (exact) mass is 206 g/mol. The van der Waals surface area contributed by atoms with Crippen molar-refractivity contribution in [3.63, 3.8) is 0 Å². The number of anilines is 1.